The molecule has 1 aromatic heterocycles. The second-order valence-corrected chi connectivity index (χ2v) is 4.54. The molecule has 0 aliphatic carbocycles. The van der Waals surface area contributed by atoms with Crippen LogP contribution < -0.4 is 11.1 Å². The molecule has 0 atom stereocenters. The van der Waals surface area contributed by atoms with Crippen molar-refractivity contribution in [2.75, 3.05) is 13.1 Å². The van der Waals surface area contributed by atoms with Crippen LogP contribution in [0, 0.1) is 0 Å². The minimum atomic E-state index is -0.200. The molecule has 0 unspecified atom stereocenters. The van der Waals surface area contributed by atoms with Crippen molar-refractivity contribution >= 4 is 17.2 Å². The van der Waals surface area contributed by atoms with Crippen LogP contribution in [0.5, 0.6) is 0 Å². The van der Waals surface area contributed by atoms with Crippen molar-refractivity contribution in [3.05, 3.63) is 22.4 Å². The summed E-state index contributed by atoms with van der Waals surface area (Å²) >= 11 is 1.79. The van der Waals surface area contributed by atoms with Crippen LogP contribution in [-0.2, 0) is 11.2 Å². The lowest BCUT2D eigenvalue weighted by Gasteiger charge is -2.02. The minimum absolute atomic E-state index is 0.200. The molecule has 1 amide bonds. The maximum Gasteiger partial charge on any atom is 0.217 e. The van der Waals surface area contributed by atoms with Crippen LogP contribution in [0.4, 0.5) is 0 Å². The smallest absolute Gasteiger partial charge is 0.217 e. The van der Waals surface area contributed by atoms with Crippen molar-refractivity contribution in [2.24, 2.45) is 5.73 Å². The van der Waals surface area contributed by atoms with Crippen LogP contribution in [-0.4, -0.2) is 19.0 Å². The Labute approximate surface area is 94.7 Å². The summed E-state index contributed by atoms with van der Waals surface area (Å²) in [6, 6.07) is 4.23. The number of rotatable bonds is 8. The van der Waals surface area contributed by atoms with E-state index in [-0.39, 0.29) is 5.91 Å². The van der Waals surface area contributed by atoms with Crippen molar-refractivity contribution in [1.82, 2.24) is 5.32 Å². The second-order valence-electron chi connectivity index (χ2n) is 3.50. The summed E-state index contributed by atoms with van der Waals surface area (Å²) < 4.78 is 0. The second kappa shape index (κ2) is 7.43. The molecule has 1 aromatic rings. The Morgan fingerprint density at radius 2 is 2.27 bits per heavy atom. The monoisotopic (exact) mass is 226 g/mol. The summed E-state index contributed by atoms with van der Waals surface area (Å²) in [4.78, 5) is 11.9. The highest BCUT2D eigenvalue weighted by atomic mass is 32.1. The van der Waals surface area contributed by atoms with E-state index < -0.39 is 0 Å². The first-order valence-corrected chi connectivity index (χ1v) is 6.18. The van der Waals surface area contributed by atoms with E-state index >= 15 is 0 Å². The quantitative estimate of drug-likeness (QED) is 0.661. The van der Waals surface area contributed by atoms with Crippen LogP contribution in [0.15, 0.2) is 17.5 Å². The SMILES string of the molecule is NC(=O)CCCCNCCc1cccs1. The van der Waals surface area contributed by atoms with Crippen LogP contribution >= 0.6 is 11.3 Å². The van der Waals surface area contributed by atoms with Gasteiger partial charge >= 0.3 is 0 Å². The molecule has 84 valence electrons. The number of hydrogen-bond acceptors (Lipinski definition) is 3. The van der Waals surface area contributed by atoms with Crippen molar-refractivity contribution in [2.45, 2.75) is 25.7 Å². The third-order valence-corrected chi connectivity index (χ3v) is 3.09. The Morgan fingerprint density at radius 3 is 2.93 bits per heavy atom. The number of hydrogen-bond donors (Lipinski definition) is 2. The molecule has 0 fully saturated rings. The van der Waals surface area contributed by atoms with Gasteiger partial charge in [0.2, 0.25) is 5.91 Å². The van der Waals surface area contributed by atoms with Gasteiger partial charge in [-0.05, 0) is 43.8 Å². The molecule has 0 radical (unpaired) electrons. The minimum Gasteiger partial charge on any atom is -0.370 e. The first kappa shape index (κ1) is 12.2. The topological polar surface area (TPSA) is 55.1 Å². The maximum absolute atomic E-state index is 10.4. The number of unbranched alkanes of at least 4 members (excludes halogenated alkanes) is 1. The zero-order valence-electron chi connectivity index (χ0n) is 8.87. The normalized spacial score (nSPS) is 10.4. The maximum atomic E-state index is 10.4. The fourth-order valence-corrected chi connectivity index (χ4v) is 2.05. The summed E-state index contributed by atoms with van der Waals surface area (Å²) in [6.07, 6.45) is 3.51. The molecule has 3 nitrogen and oxygen atoms in total. The average Bonchev–Trinajstić information content (AvgIpc) is 2.68. The van der Waals surface area contributed by atoms with Gasteiger partial charge in [-0.1, -0.05) is 6.07 Å². The standard InChI is InChI=1S/C11H18N2OS/c12-11(14)5-1-2-7-13-8-6-10-4-3-9-15-10/h3-4,9,13H,1-2,5-8H2,(H2,12,14). The Kier molecular flexibility index (Phi) is 6.04. The fraction of sp³-hybridized carbons (Fsp3) is 0.545. The molecule has 0 saturated heterocycles. The molecule has 0 aromatic carbocycles. The molecular weight excluding hydrogens is 208 g/mol. The third kappa shape index (κ3) is 6.25. The van der Waals surface area contributed by atoms with E-state index in [2.05, 4.69) is 22.8 Å². The Bertz CT molecular complexity index is 272. The Morgan fingerprint density at radius 1 is 1.40 bits per heavy atom. The number of primary amides is 1. The predicted octanol–water partition coefficient (Wildman–Crippen LogP) is 1.54. The van der Waals surface area contributed by atoms with Gasteiger partial charge in [0.25, 0.3) is 0 Å². The van der Waals surface area contributed by atoms with Gasteiger partial charge in [0.1, 0.15) is 0 Å². The van der Waals surface area contributed by atoms with Crippen LogP contribution in [0.3, 0.4) is 0 Å². The van der Waals surface area contributed by atoms with Crippen molar-refractivity contribution in [3.63, 3.8) is 0 Å². The van der Waals surface area contributed by atoms with Crippen LogP contribution in [0.25, 0.3) is 0 Å². The molecule has 0 aliphatic heterocycles. The first-order valence-electron chi connectivity index (χ1n) is 5.30. The molecule has 15 heavy (non-hydrogen) atoms. The molecule has 3 N–H and O–H groups in total. The molecule has 1 heterocycles. The summed E-state index contributed by atoms with van der Waals surface area (Å²) in [7, 11) is 0. The molecular formula is C11H18N2OS. The van der Waals surface area contributed by atoms with Gasteiger partial charge in [-0.15, -0.1) is 11.3 Å². The summed E-state index contributed by atoms with van der Waals surface area (Å²) in [6.45, 7) is 1.98. The van der Waals surface area contributed by atoms with E-state index in [1.165, 1.54) is 4.88 Å². The molecule has 1 rings (SSSR count). The van der Waals surface area contributed by atoms with Gasteiger partial charge in [-0.3, -0.25) is 4.79 Å². The zero-order valence-corrected chi connectivity index (χ0v) is 9.69. The highest BCUT2D eigenvalue weighted by molar-refractivity contribution is 7.09. The molecule has 4 heteroatoms. The van der Waals surface area contributed by atoms with E-state index in [1.54, 1.807) is 11.3 Å². The predicted molar refractivity (Wildman–Crippen MR) is 63.9 cm³/mol. The summed E-state index contributed by atoms with van der Waals surface area (Å²) in [5.41, 5.74) is 5.04. The van der Waals surface area contributed by atoms with Gasteiger partial charge in [0.15, 0.2) is 0 Å². The van der Waals surface area contributed by atoms with Gasteiger partial charge in [0, 0.05) is 11.3 Å². The van der Waals surface area contributed by atoms with Gasteiger partial charge in [0.05, 0.1) is 0 Å². The zero-order chi connectivity index (χ0) is 10.9. The molecule has 0 spiro atoms. The lowest BCUT2D eigenvalue weighted by Crippen LogP contribution is -2.19. The van der Waals surface area contributed by atoms with Gasteiger partial charge in [-0.2, -0.15) is 0 Å². The van der Waals surface area contributed by atoms with Crippen LogP contribution in [0.2, 0.25) is 0 Å². The number of nitrogens with one attached hydrogen (secondary N) is 1. The highest BCUT2D eigenvalue weighted by Crippen LogP contribution is 2.07. The third-order valence-electron chi connectivity index (χ3n) is 2.16. The van der Waals surface area contributed by atoms with E-state index in [9.17, 15) is 4.79 Å². The first-order chi connectivity index (χ1) is 7.29. The Balaban J connectivity index is 1.87. The number of carbonyl (C=O) groups is 1. The van der Waals surface area contributed by atoms with E-state index in [0.717, 1.165) is 32.4 Å². The molecule has 0 saturated carbocycles. The van der Waals surface area contributed by atoms with Crippen molar-refractivity contribution < 1.29 is 4.79 Å². The lowest BCUT2D eigenvalue weighted by molar-refractivity contribution is -0.118. The Hall–Kier alpha value is -0.870. The van der Waals surface area contributed by atoms with Gasteiger partial charge in [-0.25, -0.2) is 0 Å². The van der Waals surface area contributed by atoms with Crippen LogP contribution in [0.1, 0.15) is 24.1 Å². The summed E-state index contributed by atoms with van der Waals surface area (Å²) in [5.74, 6) is -0.200. The number of nitrogens with two attached hydrogens (primary N) is 1. The highest BCUT2D eigenvalue weighted by Gasteiger charge is 1.95. The molecule has 0 aliphatic rings. The fourth-order valence-electron chi connectivity index (χ4n) is 1.34. The van der Waals surface area contributed by atoms with Crippen molar-refractivity contribution in [3.8, 4) is 0 Å². The number of amides is 1. The average molecular weight is 226 g/mol. The molecule has 0 bridgehead atoms. The van der Waals surface area contributed by atoms with E-state index in [1.807, 2.05) is 0 Å². The number of carbonyl (C=O) groups excluding carboxylic acids is 1. The van der Waals surface area contributed by atoms with Crippen molar-refractivity contribution in [1.29, 1.82) is 0 Å². The summed E-state index contributed by atoms with van der Waals surface area (Å²) in [5, 5.41) is 5.45. The van der Waals surface area contributed by atoms with E-state index in [4.69, 9.17) is 5.73 Å². The lowest BCUT2D eigenvalue weighted by atomic mass is 10.2. The number of thiophene rings is 1. The van der Waals surface area contributed by atoms with E-state index in [0.29, 0.717) is 6.42 Å². The van der Waals surface area contributed by atoms with Gasteiger partial charge < -0.3 is 11.1 Å². The largest absolute Gasteiger partial charge is 0.370 e.